The highest BCUT2D eigenvalue weighted by Crippen LogP contribution is 2.34. The number of carbonyl (C=O) groups is 1. The number of rotatable bonds is 5. The summed E-state index contributed by atoms with van der Waals surface area (Å²) >= 11 is 0. The molecule has 8 heteroatoms. The Morgan fingerprint density at radius 3 is 2.50 bits per heavy atom. The van der Waals surface area contributed by atoms with E-state index in [1.807, 2.05) is 55.3 Å². The lowest BCUT2D eigenvalue weighted by Crippen LogP contribution is -2.44. The van der Waals surface area contributed by atoms with Crippen LogP contribution in [0.2, 0.25) is 0 Å². The molecule has 0 unspecified atom stereocenters. The van der Waals surface area contributed by atoms with Crippen molar-refractivity contribution in [1.29, 1.82) is 0 Å². The van der Waals surface area contributed by atoms with Gasteiger partial charge >= 0.3 is 6.18 Å². The number of piperazine rings is 1. The van der Waals surface area contributed by atoms with Crippen LogP contribution in [0.5, 0.6) is 0 Å². The first kappa shape index (κ1) is 25.9. The van der Waals surface area contributed by atoms with E-state index in [0.717, 1.165) is 46.6 Å². The summed E-state index contributed by atoms with van der Waals surface area (Å²) in [4.78, 5) is 21.4. The second-order valence-corrected chi connectivity index (χ2v) is 9.87. The van der Waals surface area contributed by atoms with Gasteiger partial charge < -0.3 is 10.2 Å². The quantitative estimate of drug-likeness (QED) is 0.340. The van der Waals surface area contributed by atoms with Gasteiger partial charge in [-0.05, 0) is 78.0 Å². The second kappa shape index (κ2) is 10.6. The second-order valence-electron chi connectivity index (χ2n) is 9.87. The molecule has 5 nitrogen and oxygen atoms in total. The van der Waals surface area contributed by atoms with E-state index >= 15 is 0 Å². The van der Waals surface area contributed by atoms with E-state index in [9.17, 15) is 18.0 Å². The zero-order chi connectivity index (χ0) is 26.9. The van der Waals surface area contributed by atoms with Gasteiger partial charge in [-0.3, -0.25) is 14.7 Å². The number of carbonyl (C=O) groups excluding carboxylic acids is 1. The molecule has 196 valence electrons. The molecule has 0 aliphatic carbocycles. The third-order valence-electron chi connectivity index (χ3n) is 7.11. The van der Waals surface area contributed by atoms with Gasteiger partial charge in [-0.2, -0.15) is 13.2 Å². The van der Waals surface area contributed by atoms with Crippen LogP contribution in [0.25, 0.3) is 21.9 Å². The molecule has 1 aliphatic rings. The van der Waals surface area contributed by atoms with E-state index < -0.39 is 17.6 Å². The molecule has 1 aromatic heterocycles. The number of amides is 1. The number of fused-ring (bicyclic) bond motifs is 1. The molecule has 1 aliphatic heterocycles. The molecular weight excluding hydrogens is 489 g/mol. The van der Waals surface area contributed by atoms with E-state index in [2.05, 4.69) is 15.2 Å². The van der Waals surface area contributed by atoms with Crippen molar-refractivity contribution in [2.24, 2.45) is 0 Å². The van der Waals surface area contributed by atoms with Crippen molar-refractivity contribution >= 4 is 22.4 Å². The highest BCUT2D eigenvalue weighted by Gasteiger charge is 2.34. The average molecular weight is 519 g/mol. The molecule has 1 N–H and O–H groups in total. The number of nitrogens with one attached hydrogen (secondary N) is 1. The first-order valence-electron chi connectivity index (χ1n) is 12.5. The van der Waals surface area contributed by atoms with Crippen LogP contribution in [-0.4, -0.2) is 53.9 Å². The number of likely N-dealkylation sites (N-methyl/N-ethyl adjacent to an activating group) is 1. The summed E-state index contributed by atoms with van der Waals surface area (Å²) in [6, 6.07) is 17.3. The van der Waals surface area contributed by atoms with Crippen molar-refractivity contribution in [2.45, 2.75) is 19.6 Å². The van der Waals surface area contributed by atoms with E-state index in [-0.39, 0.29) is 17.7 Å². The normalized spacial score (nSPS) is 15.1. The van der Waals surface area contributed by atoms with E-state index in [0.29, 0.717) is 18.8 Å². The zero-order valence-corrected chi connectivity index (χ0v) is 21.3. The molecule has 1 amide bonds. The van der Waals surface area contributed by atoms with Crippen LogP contribution < -0.4 is 5.32 Å². The molecule has 2 heterocycles. The fourth-order valence-corrected chi connectivity index (χ4v) is 4.83. The summed E-state index contributed by atoms with van der Waals surface area (Å²) in [6.45, 7) is 5.22. The fourth-order valence-electron chi connectivity index (χ4n) is 4.83. The number of aromatic nitrogens is 1. The maximum Gasteiger partial charge on any atom is 0.416 e. The molecule has 0 atom stereocenters. The van der Waals surface area contributed by atoms with Crippen LogP contribution >= 0.6 is 0 Å². The Bertz CT molecular complexity index is 1480. The Labute approximate surface area is 219 Å². The summed E-state index contributed by atoms with van der Waals surface area (Å²) < 4.78 is 41.9. The number of alkyl halides is 3. The maximum absolute atomic E-state index is 14.0. The van der Waals surface area contributed by atoms with Crippen LogP contribution in [-0.2, 0) is 12.7 Å². The van der Waals surface area contributed by atoms with Gasteiger partial charge in [0.25, 0.3) is 5.91 Å². The molecule has 0 spiro atoms. The highest BCUT2D eigenvalue weighted by atomic mass is 19.4. The lowest BCUT2D eigenvalue weighted by molar-refractivity contribution is -0.138. The van der Waals surface area contributed by atoms with Gasteiger partial charge in [-0.25, -0.2) is 0 Å². The largest absolute Gasteiger partial charge is 0.416 e. The number of pyridine rings is 1. The first-order chi connectivity index (χ1) is 18.2. The number of hydrogen-bond acceptors (Lipinski definition) is 4. The van der Waals surface area contributed by atoms with Crippen LogP contribution in [0.4, 0.5) is 18.9 Å². The van der Waals surface area contributed by atoms with Crippen LogP contribution in [0.3, 0.4) is 0 Å². The van der Waals surface area contributed by atoms with Gasteiger partial charge in [-0.15, -0.1) is 0 Å². The van der Waals surface area contributed by atoms with Crippen molar-refractivity contribution in [3.63, 3.8) is 0 Å². The molecule has 0 radical (unpaired) electrons. The van der Waals surface area contributed by atoms with Gasteiger partial charge in [-0.1, -0.05) is 24.3 Å². The minimum absolute atomic E-state index is 0.0293. The highest BCUT2D eigenvalue weighted by molar-refractivity contribution is 6.05. The Balaban J connectivity index is 1.38. The fraction of sp³-hybridized carbons (Fsp3) is 0.267. The minimum atomic E-state index is -4.56. The smallest absolute Gasteiger partial charge is 0.322 e. The molecule has 1 saturated heterocycles. The average Bonchev–Trinajstić information content (AvgIpc) is 2.90. The summed E-state index contributed by atoms with van der Waals surface area (Å²) in [7, 11) is 2.00. The summed E-state index contributed by atoms with van der Waals surface area (Å²) in [6.07, 6.45) is -1.02. The molecule has 3 aromatic carbocycles. The Morgan fingerprint density at radius 2 is 1.74 bits per heavy atom. The van der Waals surface area contributed by atoms with Gasteiger partial charge in [0, 0.05) is 61.8 Å². The number of anilines is 1. The first-order valence-corrected chi connectivity index (χ1v) is 12.5. The monoisotopic (exact) mass is 518 g/mol. The predicted molar refractivity (Wildman–Crippen MR) is 144 cm³/mol. The molecule has 1 fully saturated rings. The standard InChI is InChI=1S/C30H29F3N4O/c1-20-3-8-26(17-27(20)22-5-4-21-9-10-34-18-25(21)15-22)35-29(38)23-6-7-24(28(16-23)30(31,32)33)19-37-13-11-36(2)12-14-37/h3-10,15-18H,11-14,19H2,1-2H3,(H,35,38). The SMILES string of the molecule is Cc1ccc(NC(=O)c2ccc(CN3CCN(C)CC3)c(C(F)(F)F)c2)cc1-c1ccc2ccncc2c1. The van der Waals surface area contributed by atoms with Gasteiger partial charge in [0.05, 0.1) is 5.56 Å². The van der Waals surface area contributed by atoms with Crippen LogP contribution in [0.15, 0.2) is 73.1 Å². The zero-order valence-electron chi connectivity index (χ0n) is 21.3. The van der Waals surface area contributed by atoms with Gasteiger partial charge in [0.1, 0.15) is 0 Å². The predicted octanol–water partition coefficient (Wildman–Crippen LogP) is 6.23. The number of halogens is 3. The van der Waals surface area contributed by atoms with Crippen LogP contribution in [0.1, 0.15) is 27.0 Å². The van der Waals surface area contributed by atoms with Crippen molar-refractivity contribution < 1.29 is 18.0 Å². The van der Waals surface area contributed by atoms with Crippen LogP contribution in [0, 0.1) is 6.92 Å². The molecule has 4 aromatic rings. The topological polar surface area (TPSA) is 48.5 Å². The van der Waals surface area contributed by atoms with E-state index in [4.69, 9.17) is 0 Å². The van der Waals surface area contributed by atoms with Crippen molar-refractivity contribution in [2.75, 3.05) is 38.5 Å². The number of aryl methyl sites for hydroxylation is 1. The lowest BCUT2D eigenvalue weighted by Gasteiger charge is -2.33. The number of benzene rings is 3. The van der Waals surface area contributed by atoms with E-state index in [1.54, 1.807) is 18.5 Å². The lowest BCUT2D eigenvalue weighted by atomic mass is 9.97. The van der Waals surface area contributed by atoms with Gasteiger partial charge in [0.2, 0.25) is 0 Å². The number of nitrogens with zero attached hydrogens (tertiary/aromatic N) is 3. The van der Waals surface area contributed by atoms with Gasteiger partial charge in [0.15, 0.2) is 0 Å². The molecular formula is C30H29F3N4O. The van der Waals surface area contributed by atoms with Crippen molar-refractivity contribution in [3.8, 4) is 11.1 Å². The molecule has 0 saturated carbocycles. The van der Waals surface area contributed by atoms with Crippen molar-refractivity contribution in [3.05, 3.63) is 95.3 Å². The third-order valence-corrected chi connectivity index (χ3v) is 7.11. The van der Waals surface area contributed by atoms with E-state index in [1.165, 1.54) is 12.1 Å². The van der Waals surface area contributed by atoms with Crippen molar-refractivity contribution in [1.82, 2.24) is 14.8 Å². The summed E-state index contributed by atoms with van der Waals surface area (Å²) in [5.74, 6) is -0.584. The minimum Gasteiger partial charge on any atom is -0.322 e. The molecule has 38 heavy (non-hydrogen) atoms. The summed E-state index contributed by atoms with van der Waals surface area (Å²) in [5.41, 5.74) is 2.80. The maximum atomic E-state index is 14.0. The Morgan fingerprint density at radius 1 is 0.947 bits per heavy atom. The molecule has 0 bridgehead atoms. The molecule has 5 rings (SSSR count). The third kappa shape index (κ3) is 5.71. The number of hydrogen-bond donors (Lipinski definition) is 1. The summed E-state index contributed by atoms with van der Waals surface area (Å²) in [5, 5.41) is 4.85. The Kier molecular flexibility index (Phi) is 7.19. The Hall–Kier alpha value is -3.75.